The Labute approximate surface area is 210 Å². The maximum absolute atomic E-state index is 13.0. The third kappa shape index (κ3) is 4.33. The Balaban J connectivity index is 1.09. The van der Waals surface area contributed by atoms with Crippen molar-refractivity contribution in [2.24, 2.45) is 0 Å². The number of amides is 1. The van der Waals surface area contributed by atoms with Gasteiger partial charge in [-0.05, 0) is 40.8 Å². The predicted octanol–water partition coefficient (Wildman–Crippen LogP) is 4.43. The van der Waals surface area contributed by atoms with E-state index in [1.165, 1.54) is 16.7 Å². The van der Waals surface area contributed by atoms with E-state index in [1.807, 2.05) is 12.1 Å². The Kier molecular flexibility index (Phi) is 5.89. The fraction of sp³-hybridized carbons (Fsp3) is 0.300. The number of rotatable bonds is 6. The van der Waals surface area contributed by atoms with Crippen LogP contribution in [-0.2, 0) is 42.4 Å². The van der Waals surface area contributed by atoms with Crippen LogP contribution >= 0.6 is 0 Å². The van der Waals surface area contributed by atoms with Crippen molar-refractivity contribution >= 4 is 17.5 Å². The van der Waals surface area contributed by atoms with E-state index in [1.54, 1.807) is 11.0 Å². The standard InChI is InChI=1S/C30H28N2O4/c33-24-12-13-27(28(34)14-24)32-18-26-25(30(32)35)6-3-7-29(26)36-19-21-10-8-20(9-11-21)15-31-16-22-4-1-2-5-23(22)17-31/h1-11,27H,12-19H2. The van der Waals surface area contributed by atoms with Gasteiger partial charge < -0.3 is 9.64 Å². The number of Topliss-reactive ketones (excluding diaryl/α,β-unsaturated/α-hetero) is 2. The first-order valence-corrected chi connectivity index (χ1v) is 12.5. The van der Waals surface area contributed by atoms with E-state index >= 15 is 0 Å². The van der Waals surface area contributed by atoms with Crippen LogP contribution < -0.4 is 4.74 Å². The monoisotopic (exact) mass is 480 g/mol. The molecule has 6 heteroatoms. The van der Waals surface area contributed by atoms with Gasteiger partial charge in [-0.15, -0.1) is 0 Å². The fourth-order valence-corrected chi connectivity index (χ4v) is 5.58. The summed E-state index contributed by atoms with van der Waals surface area (Å²) < 4.78 is 6.15. The summed E-state index contributed by atoms with van der Waals surface area (Å²) in [7, 11) is 0. The van der Waals surface area contributed by atoms with Crippen molar-refractivity contribution in [3.05, 3.63) is 100 Å². The largest absolute Gasteiger partial charge is 0.489 e. The van der Waals surface area contributed by atoms with Gasteiger partial charge in [0, 0.05) is 37.2 Å². The Morgan fingerprint density at radius 3 is 2.25 bits per heavy atom. The van der Waals surface area contributed by atoms with Gasteiger partial charge in [0.15, 0.2) is 5.78 Å². The van der Waals surface area contributed by atoms with E-state index in [9.17, 15) is 14.4 Å². The maximum Gasteiger partial charge on any atom is 0.255 e. The summed E-state index contributed by atoms with van der Waals surface area (Å²) in [6, 6.07) is 22.1. The lowest BCUT2D eigenvalue weighted by Gasteiger charge is -2.29. The Morgan fingerprint density at radius 1 is 0.806 bits per heavy atom. The summed E-state index contributed by atoms with van der Waals surface area (Å²) in [4.78, 5) is 41.1. The summed E-state index contributed by atoms with van der Waals surface area (Å²) in [6.07, 6.45) is 0.679. The molecule has 3 aromatic rings. The number of hydrogen-bond acceptors (Lipinski definition) is 5. The molecule has 0 aromatic heterocycles. The lowest BCUT2D eigenvalue weighted by Crippen LogP contribution is -2.44. The molecule has 1 unspecified atom stereocenters. The lowest BCUT2D eigenvalue weighted by atomic mass is 9.92. The molecular formula is C30H28N2O4. The zero-order chi connectivity index (χ0) is 24.6. The first-order valence-electron chi connectivity index (χ1n) is 12.5. The first-order chi connectivity index (χ1) is 17.5. The zero-order valence-corrected chi connectivity index (χ0v) is 20.1. The number of fused-ring (bicyclic) bond motifs is 2. The minimum atomic E-state index is -0.522. The molecule has 1 fully saturated rings. The predicted molar refractivity (Wildman–Crippen MR) is 134 cm³/mol. The van der Waals surface area contributed by atoms with Crippen LogP contribution in [0.5, 0.6) is 5.75 Å². The molecular weight excluding hydrogens is 452 g/mol. The summed E-state index contributed by atoms with van der Waals surface area (Å²) in [6.45, 7) is 3.62. The molecule has 1 saturated carbocycles. The Morgan fingerprint density at radius 2 is 1.53 bits per heavy atom. The average molecular weight is 481 g/mol. The maximum atomic E-state index is 13.0. The van der Waals surface area contributed by atoms with E-state index in [4.69, 9.17) is 4.74 Å². The van der Waals surface area contributed by atoms with Crippen molar-refractivity contribution in [2.75, 3.05) is 0 Å². The van der Waals surface area contributed by atoms with Gasteiger partial charge in [-0.2, -0.15) is 0 Å². The van der Waals surface area contributed by atoms with Crippen molar-refractivity contribution in [1.82, 2.24) is 9.80 Å². The Hall–Kier alpha value is -3.77. The van der Waals surface area contributed by atoms with Crippen LogP contribution in [0.4, 0.5) is 0 Å². The molecule has 0 saturated heterocycles. The van der Waals surface area contributed by atoms with Crippen LogP contribution in [0, 0.1) is 0 Å². The van der Waals surface area contributed by atoms with Crippen molar-refractivity contribution in [1.29, 1.82) is 0 Å². The molecule has 2 heterocycles. The second-order valence-electron chi connectivity index (χ2n) is 9.97. The molecule has 6 rings (SSSR count). The lowest BCUT2D eigenvalue weighted by molar-refractivity contribution is -0.133. The molecule has 1 atom stereocenters. The van der Waals surface area contributed by atoms with Crippen LogP contribution in [0.2, 0.25) is 0 Å². The minimum Gasteiger partial charge on any atom is -0.489 e. The van der Waals surface area contributed by atoms with E-state index in [-0.39, 0.29) is 23.9 Å². The minimum absolute atomic E-state index is 0.0408. The molecule has 0 radical (unpaired) electrons. The van der Waals surface area contributed by atoms with Crippen LogP contribution in [-0.4, -0.2) is 33.3 Å². The van der Waals surface area contributed by atoms with Gasteiger partial charge in [0.25, 0.3) is 5.91 Å². The molecule has 6 nitrogen and oxygen atoms in total. The smallest absolute Gasteiger partial charge is 0.255 e. The number of hydrogen-bond donors (Lipinski definition) is 0. The molecule has 182 valence electrons. The quantitative estimate of drug-likeness (QED) is 0.489. The van der Waals surface area contributed by atoms with Crippen molar-refractivity contribution in [3.8, 4) is 5.75 Å². The van der Waals surface area contributed by atoms with Gasteiger partial charge >= 0.3 is 0 Å². The van der Waals surface area contributed by atoms with Crippen molar-refractivity contribution in [3.63, 3.8) is 0 Å². The van der Waals surface area contributed by atoms with Crippen LogP contribution in [0.1, 0.15) is 57.4 Å². The zero-order valence-electron chi connectivity index (χ0n) is 20.1. The highest BCUT2D eigenvalue weighted by molar-refractivity contribution is 6.07. The molecule has 1 amide bonds. The van der Waals surface area contributed by atoms with Gasteiger partial charge in [0.2, 0.25) is 0 Å². The van der Waals surface area contributed by atoms with E-state index in [0.29, 0.717) is 37.3 Å². The molecule has 1 aliphatic carbocycles. The number of carbonyl (C=O) groups excluding carboxylic acids is 3. The summed E-state index contributed by atoms with van der Waals surface area (Å²) in [5.74, 6) is 0.312. The number of ketones is 2. The molecule has 0 bridgehead atoms. The topological polar surface area (TPSA) is 66.9 Å². The van der Waals surface area contributed by atoms with Crippen molar-refractivity contribution < 1.29 is 19.1 Å². The molecule has 0 spiro atoms. The summed E-state index contributed by atoms with van der Waals surface area (Å²) in [5, 5.41) is 0. The summed E-state index contributed by atoms with van der Waals surface area (Å²) >= 11 is 0. The number of carbonyl (C=O) groups is 3. The Bertz CT molecular complexity index is 1320. The normalized spacial score (nSPS) is 19.5. The van der Waals surface area contributed by atoms with Gasteiger partial charge in [0.05, 0.1) is 19.0 Å². The van der Waals surface area contributed by atoms with E-state index in [0.717, 1.165) is 30.8 Å². The third-order valence-corrected chi connectivity index (χ3v) is 7.50. The van der Waals surface area contributed by atoms with Crippen molar-refractivity contribution in [2.45, 2.75) is 58.1 Å². The third-order valence-electron chi connectivity index (χ3n) is 7.50. The molecule has 2 aliphatic heterocycles. The van der Waals surface area contributed by atoms with E-state index < -0.39 is 6.04 Å². The fourth-order valence-electron chi connectivity index (χ4n) is 5.58. The highest BCUT2D eigenvalue weighted by atomic mass is 16.5. The highest BCUT2D eigenvalue weighted by Crippen LogP contribution is 2.34. The van der Waals surface area contributed by atoms with Gasteiger partial charge in [-0.25, -0.2) is 0 Å². The van der Waals surface area contributed by atoms with Gasteiger partial charge in [-0.1, -0.05) is 54.6 Å². The molecule has 36 heavy (non-hydrogen) atoms. The van der Waals surface area contributed by atoms with Gasteiger partial charge in [0.1, 0.15) is 18.1 Å². The number of ether oxygens (including phenoxy) is 1. The van der Waals surface area contributed by atoms with Crippen LogP contribution in [0.25, 0.3) is 0 Å². The molecule has 0 N–H and O–H groups in total. The first kappa shape index (κ1) is 22.7. The summed E-state index contributed by atoms with van der Waals surface area (Å²) in [5.41, 5.74) is 6.55. The van der Waals surface area contributed by atoms with Gasteiger partial charge in [-0.3, -0.25) is 19.3 Å². The van der Waals surface area contributed by atoms with E-state index in [2.05, 4.69) is 53.4 Å². The number of nitrogens with zero attached hydrogens (tertiary/aromatic N) is 2. The SMILES string of the molecule is O=C1CCC(N2Cc3c(OCc4ccc(CN5Cc6ccccc6C5)cc4)cccc3C2=O)C(=O)C1. The highest BCUT2D eigenvalue weighted by Gasteiger charge is 2.40. The molecule has 3 aliphatic rings. The van der Waals surface area contributed by atoms with Crippen LogP contribution in [0.15, 0.2) is 66.7 Å². The second kappa shape index (κ2) is 9.36. The average Bonchev–Trinajstić information content (AvgIpc) is 3.44. The second-order valence-corrected chi connectivity index (χ2v) is 9.97. The molecule has 3 aromatic carbocycles. The van der Waals surface area contributed by atoms with Crippen LogP contribution in [0.3, 0.4) is 0 Å². The number of benzene rings is 3.